The Kier molecular flexibility index (Phi) is 13.9. The van der Waals surface area contributed by atoms with Crippen molar-refractivity contribution < 1.29 is 39.3 Å². The van der Waals surface area contributed by atoms with Gasteiger partial charge in [0.25, 0.3) is 0 Å². The van der Waals surface area contributed by atoms with E-state index in [0.29, 0.717) is 12.0 Å². The van der Waals surface area contributed by atoms with Gasteiger partial charge in [-0.1, -0.05) is 32.4 Å². The Balaban J connectivity index is 3.22. The zero-order valence-corrected chi connectivity index (χ0v) is 22.5. The van der Waals surface area contributed by atoms with E-state index in [1.54, 1.807) is 19.1 Å². The van der Waals surface area contributed by atoms with E-state index < -0.39 is 60.2 Å². The van der Waals surface area contributed by atoms with Crippen molar-refractivity contribution in [2.75, 3.05) is 6.54 Å². The molecule has 0 aliphatic carbocycles. The lowest BCUT2D eigenvalue weighted by atomic mass is 9.98. The maximum absolute atomic E-state index is 13.4. The summed E-state index contributed by atoms with van der Waals surface area (Å²) in [7, 11) is 0. The molecular weight excluding hydrogens is 526 g/mol. The number of guanidine groups is 1. The van der Waals surface area contributed by atoms with E-state index in [1.807, 2.05) is 6.92 Å². The number of carbonyl (C=O) groups is 5. The molecule has 0 aliphatic heterocycles. The van der Waals surface area contributed by atoms with Gasteiger partial charge in [0.1, 0.15) is 23.9 Å². The average molecular weight is 566 g/mol. The number of carboxylic acid groups (broad SMARTS) is 2. The van der Waals surface area contributed by atoms with Crippen molar-refractivity contribution in [3.05, 3.63) is 29.8 Å². The fourth-order valence-corrected chi connectivity index (χ4v) is 3.55. The summed E-state index contributed by atoms with van der Waals surface area (Å²) in [5.74, 6) is -5.70. The maximum atomic E-state index is 13.4. The number of phenols is 1. The number of amides is 3. The van der Waals surface area contributed by atoms with Gasteiger partial charge in [0.2, 0.25) is 17.7 Å². The zero-order valence-electron chi connectivity index (χ0n) is 22.5. The van der Waals surface area contributed by atoms with Crippen LogP contribution in [0.5, 0.6) is 5.75 Å². The van der Waals surface area contributed by atoms with Crippen LogP contribution >= 0.6 is 0 Å². The number of aromatic hydroxyl groups is 1. The molecule has 0 aliphatic rings. The van der Waals surface area contributed by atoms with Gasteiger partial charge in [0, 0.05) is 13.0 Å². The number of nitrogens with one attached hydrogen (secondary N) is 3. The molecule has 0 fully saturated rings. The lowest BCUT2D eigenvalue weighted by molar-refractivity contribution is -0.147. The highest BCUT2D eigenvalue weighted by Gasteiger charge is 2.31. The molecule has 0 heterocycles. The molecule has 222 valence electrons. The molecule has 1 rings (SSSR count). The second kappa shape index (κ2) is 16.5. The summed E-state index contributed by atoms with van der Waals surface area (Å²) < 4.78 is 0. The standard InChI is InChI=1S/C25H39N7O8/c1-3-13(2)20(26)23(38)31-17(11-14-6-8-15(33)9-7-14)22(37)30-16(5-4-10-29-25(27)28)21(36)32-18(24(39)40)12-19(34)35/h6-9,13,16-18,20,33H,3-5,10-12,26H2,1-2H3,(H,30,37)(H,31,38)(H,32,36)(H,34,35)(H,39,40)(H4,27,28,29). The van der Waals surface area contributed by atoms with Crippen molar-refractivity contribution in [2.45, 2.75) is 70.1 Å². The predicted octanol–water partition coefficient (Wildman–Crippen LogP) is -1.62. The Bertz CT molecular complexity index is 1060. The predicted molar refractivity (Wildman–Crippen MR) is 145 cm³/mol. The van der Waals surface area contributed by atoms with Crippen LogP contribution in [0.3, 0.4) is 0 Å². The van der Waals surface area contributed by atoms with Gasteiger partial charge < -0.3 is 48.5 Å². The normalized spacial score (nSPS) is 14.5. The number of hydrogen-bond acceptors (Lipinski definition) is 8. The van der Waals surface area contributed by atoms with Gasteiger partial charge in [-0.2, -0.15) is 0 Å². The van der Waals surface area contributed by atoms with Gasteiger partial charge in [-0.05, 0) is 36.5 Å². The fourth-order valence-electron chi connectivity index (χ4n) is 3.55. The maximum Gasteiger partial charge on any atom is 0.326 e. The summed E-state index contributed by atoms with van der Waals surface area (Å²) in [4.78, 5) is 65.5. The number of nitrogens with zero attached hydrogens (tertiary/aromatic N) is 1. The van der Waals surface area contributed by atoms with Crippen LogP contribution in [-0.2, 0) is 30.4 Å². The third-order valence-electron chi connectivity index (χ3n) is 6.14. The van der Waals surface area contributed by atoms with E-state index in [1.165, 1.54) is 12.1 Å². The molecule has 5 atom stereocenters. The minimum Gasteiger partial charge on any atom is -0.508 e. The molecule has 1 aromatic carbocycles. The van der Waals surface area contributed by atoms with Crippen LogP contribution in [0, 0.1) is 5.92 Å². The Morgan fingerprint density at radius 1 is 0.900 bits per heavy atom. The van der Waals surface area contributed by atoms with Crippen LogP contribution in [0.2, 0.25) is 0 Å². The number of carbonyl (C=O) groups excluding carboxylic acids is 3. The van der Waals surface area contributed by atoms with Gasteiger partial charge >= 0.3 is 11.9 Å². The number of phenolic OH excluding ortho intramolecular Hbond substituents is 1. The van der Waals surface area contributed by atoms with Crippen LogP contribution in [0.15, 0.2) is 29.3 Å². The van der Waals surface area contributed by atoms with Gasteiger partial charge in [-0.25, -0.2) is 4.79 Å². The minimum absolute atomic E-state index is 0.000523. The van der Waals surface area contributed by atoms with E-state index in [-0.39, 0.29) is 43.4 Å². The number of benzene rings is 1. The summed E-state index contributed by atoms with van der Waals surface area (Å²) in [5, 5.41) is 35.1. The van der Waals surface area contributed by atoms with E-state index in [0.717, 1.165) is 0 Å². The molecular formula is C25H39N7O8. The van der Waals surface area contributed by atoms with E-state index in [9.17, 15) is 34.2 Å². The van der Waals surface area contributed by atoms with Crippen molar-refractivity contribution in [3.8, 4) is 5.75 Å². The summed E-state index contributed by atoms with van der Waals surface area (Å²) in [6, 6.07) is 0.748. The lowest BCUT2D eigenvalue weighted by Crippen LogP contribution is -2.58. The molecule has 40 heavy (non-hydrogen) atoms. The molecule has 0 radical (unpaired) electrons. The summed E-state index contributed by atoms with van der Waals surface area (Å²) in [6.45, 7) is 3.74. The van der Waals surface area contributed by atoms with Gasteiger partial charge in [0.15, 0.2) is 5.96 Å². The number of aliphatic carboxylic acids is 2. The Hall–Kier alpha value is -4.40. The van der Waals surface area contributed by atoms with Gasteiger partial charge in [0.05, 0.1) is 12.5 Å². The van der Waals surface area contributed by atoms with Crippen molar-refractivity contribution in [2.24, 2.45) is 28.1 Å². The van der Waals surface area contributed by atoms with E-state index in [2.05, 4.69) is 20.9 Å². The number of hydrogen-bond donors (Lipinski definition) is 9. The Morgan fingerprint density at radius 3 is 1.98 bits per heavy atom. The molecule has 15 nitrogen and oxygen atoms in total. The monoisotopic (exact) mass is 565 g/mol. The van der Waals surface area contributed by atoms with Crippen molar-refractivity contribution in [1.29, 1.82) is 0 Å². The number of aliphatic imine (C=N–C) groups is 1. The Labute approximate surface area is 231 Å². The largest absolute Gasteiger partial charge is 0.508 e. The molecule has 12 N–H and O–H groups in total. The third kappa shape index (κ3) is 12.0. The quantitative estimate of drug-likeness (QED) is 0.0587. The molecule has 0 spiro atoms. The van der Waals surface area contributed by atoms with E-state index >= 15 is 0 Å². The zero-order chi connectivity index (χ0) is 30.4. The molecule has 1 aromatic rings. The van der Waals surface area contributed by atoms with Crippen LogP contribution in [-0.4, -0.2) is 81.7 Å². The first-order chi connectivity index (χ1) is 18.7. The molecule has 3 amide bonds. The SMILES string of the molecule is CCC(C)C(N)C(=O)NC(Cc1ccc(O)cc1)C(=O)NC(CCCN=C(N)N)C(=O)NC(CC(=O)O)C(=O)O. The number of carboxylic acids is 2. The minimum atomic E-state index is -1.75. The summed E-state index contributed by atoms with van der Waals surface area (Å²) in [6.07, 6.45) is -0.143. The van der Waals surface area contributed by atoms with Crippen LogP contribution in [0.25, 0.3) is 0 Å². The van der Waals surface area contributed by atoms with Crippen molar-refractivity contribution >= 4 is 35.6 Å². The van der Waals surface area contributed by atoms with Gasteiger partial charge in [-0.3, -0.25) is 24.2 Å². The Morgan fingerprint density at radius 2 is 1.45 bits per heavy atom. The fraction of sp³-hybridized carbons (Fsp3) is 0.520. The first-order valence-corrected chi connectivity index (χ1v) is 12.7. The second-order valence-electron chi connectivity index (χ2n) is 9.35. The average Bonchev–Trinajstić information content (AvgIpc) is 2.89. The number of rotatable bonds is 17. The molecule has 5 unspecified atom stereocenters. The smallest absolute Gasteiger partial charge is 0.326 e. The molecule has 0 saturated carbocycles. The summed E-state index contributed by atoms with van der Waals surface area (Å²) >= 11 is 0. The highest BCUT2D eigenvalue weighted by molar-refractivity contribution is 5.94. The third-order valence-corrected chi connectivity index (χ3v) is 6.14. The molecule has 0 aromatic heterocycles. The van der Waals surface area contributed by atoms with Crippen molar-refractivity contribution in [3.63, 3.8) is 0 Å². The molecule has 0 bridgehead atoms. The first kappa shape index (κ1) is 33.6. The molecule has 15 heteroatoms. The summed E-state index contributed by atoms with van der Waals surface area (Å²) in [5.41, 5.74) is 17.2. The van der Waals surface area contributed by atoms with Crippen molar-refractivity contribution in [1.82, 2.24) is 16.0 Å². The van der Waals surface area contributed by atoms with Crippen LogP contribution < -0.4 is 33.2 Å². The highest BCUT2D eigenvalue weighted by atomic mass is 16.4. The van der Waals surface area contributed by atoms with Crippen LogP contribution in [0.1, 0.15) is 45.1 Å². The van der Waals surface area contributed by atoms with Gasteiger partial charge in [-0.15, -0.1) is 0 Å². The molecule has 0 saturated heterocycles. The second-order valence-corrected chi connectivity index (χ2v) is 9.35. The first-order valence-electron chi connectivity index (χ1n) is 12.7. The lowest BCUT2D eigenvalue weighted by Gasteiger charge is -2.26. The topological polar surface area (TPSA) is 273 Å². The van der Waals surface area contributed by atoms with E-state index in [4.69, 9.17) is 22.3 Å². The van der Waals surface area contributed by atoms with Crippen LogP contribution in [0.4, 0.5) is 0 Å². The number of nitrogens with two attached hydrogens (primary N) is 3. The highest BCUT2D eigenvalue weighted by Crippen LogP contribution is 2.13.